The summed E-state index contributed by atoms with van der Waals surface area (Å²) < 4.78 is 0. The first-order valence-corrected chi connectivity index (χ1v) is 6.49. The smallest absolute Gasteiger partial charge is 0.0252 e. The quantitative estimate of drug-likeness (QED) is 0.683. The van der Waals surface area contributed by atoms with Gasteiger partial charge in [0.1, 0.15) is 0 Å². The summed E-state index contributed by atoms with van der Waals surface area (Å²) >= 11 is 2.02. The molecule has 0 aromatic rings. The second-order valence-corrected chi connectivity index (χ2v) is 5.01. The Hall–Kier alpha value is 0.0500. The summed E-state index contributed by atoms with van der Waals surface area (Å²) in [6.07, 6.45) is 8.58. The minimum Gasteiger partial charge on any atom is -0.307 e. The number of hydrogen-bond donors (Lipinski definition) is 1. The minimum atomic E-state index is 0.640. The maximum atomic E-state index is 3.65. The molecule has 1 rings (SSSR count). The van der Waals surface area contributed by atoms with Crippen LogP contribution >= 0.6 is 11.8 Å². The molecule has 0 bridgehead atoms. The fourth-order valence-corrected chi connectivity index (χ4v) is 2.34. The van der Waals surface area contributed by atoms with E-state index >= 15 is 0 Å². The van der Waals surface area contributed by atoms with Crippen molar-refractivity contribution in [2.24, 2.45) is 0 Å². The van der Waals surface area contributed by atoms with Gasteiger partial charge in [-0.1, -0.05) is 19.1 Å². The van der Waals surface area contributed by atoms with Crippen molar-refractivity contribution < 1.29 is 0 Å². The van der Waals surface area contributed by atoms with E-state index in [-0.39, 0.29) is 0 Å². The molecule has 0 amide bonds. The third-order valence-corrected chi connectivity index (χ3v) is 3.47. The molecule has 13 heavy (non-hydrogen) atoms. The Kier molecular flexibility index (Phi) is 5.56. The molecule has 2 atom stereocenters. The Balaban J connectivity index is 2.14. The number of allylic oxidation sites excluding steroid dienone is 1. The maximum Gasteiger partial charge on any atom is 0.0252 e. The molecule has 76 valence electrons. The van der Waals surface area contributed by atoms with Crippen LogP contribution in [0.4, 0.5) is 0 Å². The third-order valence-electron chi connectivity index (χ3n) is 2.32. The van der Waals surface area contributed by atoms with Crippen molar-refractivity contribution in [1.29, 1.82) is 0 Å². The molecule has 1 aliphatic carbocycles. The van der Waals surface area contributed by atoms with Gasteiger partial charge in [0.2, 0.25) is 0 Å². The van der Waals surface area contributed by atoms with Gasteiger partial charge in [0, 0.05) is 17.8 Å². The molecule has 0 radical (unpaired) electrons. The Labute approximate surface area is 86.4 Å². The molecule has 0 aliphatic heterocycles. The fraction of sp³-hybridized carbons (Fsp3) is 0.818. The summed E-state index contributed by atoms with van der Waals surface area (Å²) in [6.45, 7) is 4.50. The number of nitrogens with one attached hydrogen (secondary N) is 1. The number of rotatable bonds is 5. The van der Waals surface area contributed by atoms with Gasteiger partial charge in [-0.15, -0.1) is 0 Å². The lowest BCUT2D eigenvalue weighted by Crippen LogP contribution is -2.37. The highest BCUT2D eigenvalue weighted by Gasteiger charge is 2.10. The van der Waals surface area contributed by atoms with E-state index in [1.165, 1.54) is 30.8 Å². The zero-order chi connectivity index (χ0) is 9.52. The zero-order valence-corrected chi connectivity index (χ0v) is 9.57. The van der Waals surface area contributed by atoms with Gasteiger partial charge in [-0.25, -0.2) is 0 Å². The Morgan fingerprint density at radius 3 is 3.08 bits per heavy atom. The molecule has 0 aromatic heterocycles. The minimum absolute atomic E-state index is 0.640. The summed E-state index contributed by atoms with van der Waals surface area (Å²) in [5.74, 6) is 2.47. The SMILES string of the molecule is CCSCC(C)NC1C=CCCC1. The van der Waals surface area contributed by atoms with E-state index in [0.717, 1.165) is 0 Å². The van der Waals surface area contributed by atoms with Gasteiger partial charge in [-0.3, -0.25) is 0 Å². The molecule has 0 fully saturated rings. The highest BCUT2D eigenvalue weighted by Crippen LogP contribution is 2.11. The van der Waals surface area contributed by atoms with Crippen LogP contribution in [-0.2, 0) is 0 Å². The van der Waals surface area contributed by atoms with Crippen molar-refractivity contribution in [3.05, 3.63) is 12.2 Å². The highest BCUT2D eigenvalue weighted by molar-refractivity contribution is 7.99. The van der Waals surface area contributed by atoms with Crippen LogP contribution in [0.5, 0.6) is 0 Å². The second kappa shape index (κ2) is 6.50. The van der Waals surface area contributed by atoms with Crippen molar-refractivity contribution >= 4 is 11.8 Å². The molecule has 1 N–H and O–H groups in total. The van der Waals surface area contributed by atoms with Crippen LogP contribution in [0.15, 0.2) is 12.2 Å². The first-order valence-electron chi connectivity index (χ1n) is 5.33. The first-order chi connectivity index (χ1) is 6.33. The molecule has 0 spiro atoms. The second-order valence-electron chi connectivity index (χ2n) is 3.69. The molecular weight excluding hydrogens is 178 g/mol. The van der Waals surface area contributed by atoms with Gasteiger partial charge < -0.3 is 5.32 Å². The van der Waals surface area contributed by atoms with E-state index in [2.05, 4.69) is 31.3 Å². The third kappa shape index (κ3) is 4.72. The molecular formula is C11H21NS. The van der Waals surface area contributed by atoms with Gasteiger partial charge in [0.25, 0.3) is 0 Å². The summed E-state index contributed by atoms with van der Waals surface area (Å²) in [5.41, 5.74) is 0. The summed E-state index contributed by atoms with van der Waals surface area (Å²) in [6, 6.07) is 1.29. The van der Waals surface area contributed by atoms with E-state index in [1.807, 2.05) is 11.8 Å². The van der Waals surface area contributed by atoms with Gasteiger partial charge >= 0.3 is 0 Å². The van der Waals surface area contributed by atoms with Gasteiger partial charge in [0.05, 0.1) is 0 Å². The largest absolute Gasteiger partial charge is 0.307 e. The molecule has 0 aromatic carbocycles. The molecule has 2 unspecified atom stereocenters. The van der Waals surface area contributed by atoms with Crippen molar-refractivity contribution in [3.63, 3.8) is 0 Å². The van der Waals surface area contributed by atoms with Gasteiger partial charge in [-0.05, 0) is 31.9 Å². The van der Waals surface area contributed by atoms with Crippen LogP contribution in [0, 0.1) is 0 Å². The molecule has 1 nitrogen and oxygen atoms in total. The topological polar surface area (TPSA) is 12.0 Å². The summed E-state index contributed by atoms with van der Waals surface area (Å²) in [5, 5.41) is 3.65. The van der Waals surface area contributed by atoms with Crippen LogP contribution in [0.25, 0.3) is 0 Å². The van der Waals surface area contributed by atoms with Crippen molar-refractivity contribution in [3.8, 4) is 0 Å². The number of thioether (sulfide) groups is 1. The Morgan fingerprint density at radius 2 is 2.46 bits per heavy atom. The molecule has 0 heterocycles. The first kappa shape index (κ1) is 11.1. The van der Waals surface area contributed by atoms with E-state index in [4.69, 9.17) is 0 Å². The molecule has 0 saturated heterocycles. The molecule has 2 heteroatoms. The fourth-order valence-electron chi connectivity index (χ4n) is 1.66. The van der Waals surface area contributed by atoms with E-state index in [0.29, 0.717) is 12.1 Å². The normalized spacial score (nSPS) is 24.6. The lowest BCUT2D eigenvalue weighted by atomic mass is 10.0. The lowest BCUT2D eigenvalue weighted by molar-refractivity contribution is 0.480. The van der Waals surface area contributed by atoms with E-state index < -0.39 is 0 Å². The molecule has 0 saturated carbocycles. The van der Waals surface area contributed by atoms with Crippen molar-refractivity contribution in [1.82, 2.24) is 5.32 Å². The average molecular weight is 199 g/mol. The van der Waals surface area contributed by atoms with Gasteiger partial charge in [-0.2, -0.15) is 11.8 Å². The summed E-state index contributed by atoms with van der Waals surface area (Å²) in [7, 11) is 0. The Bertz CT molecular complexity index is 156. The van der Waals surface area contributed by atoms with Crippen LogP contribution < -0.4 is 5.32 Å². The van der Waals surface area contributed by atoms with Gasteiger partial charge in [0.15, 0.2) is 0 Å². The summed E-state index contributed by atoms with van der Waals surface area (Å²) in [4.78, 5) is 0. The van der Waals surface area contributed by atoms with Crippen molar-refractivity contribution in [2.75, 3.05) is 11.5 Å². The average Bonchev–Trinajstić information content (AvgIpc) is 2.16. The zero-order valence-electron chi connectivity index (χ0n) is 8.75. The van der Waals surface area contributed by atoms with Crippen LogP contribution in [0.2, 0.25) is 0 Å². The predicted octanol–water partition coefficient (Wildman–Crippen LogP) is 2.83. The van der Waals surface area contributed by atoms with Crippen LogP contribution in [0.3, 0.4) is 0 Å². The lowest BCUT2D eigenvalue weighted by Gasteiger charge is -2.22. The Morgan fingerprint density at radius 1 is 1.62 bits per heavy atom. The maximum absolute atomic E-state index is 3.65. The van der Waals surface area contributed by atoms with Crippen LogP contribution in [-0.4, -0.2) is 23.6 Å². The number of hydrogen-bond acceptors (Lipinski definition) is 2. The monoisotopic (exact) mass is 199 g/mol. The predicted molar refractivity (Wildman–Crippen MR) is 62.4 cm³/mol. The highest BCUT2D eigenvalue weighted by atomic mass is 32.2. The van der Waals surface area contributed by atoms with E-state index in [9.17, 15) is 0 Å². The molecule has 1 aliphatic rings. The van der Waals surface area contributed by atoms with Crippen LogP contribution in [0.1, 0.15) is 33.1 Å². The standard InChI is InChI=1S/C11H21NS/c1-3-13-9-10(2)12-11-7-5-4-6-8-11/h5,7,10-12H,3-4,6,8-9H2,1-2H3. The van der Waals surface area contributed by atoms with E-state index in [1.54, 1.807) is 0 Å². The van der Waals surface area contributed by atoms with Crippen molar-refractivity contribution in [2.45, 2.75) is 45.2 Å².